The fourth-order valence-electron chi connectivity index (χ4n) is 4.31. The average Bonchev–Trinajstić information content (AvgIpc) is 3.48. The summed E-state index contributed by atoms with van der Waals surface area (Å²) in [6.45, 7) is 3.69. The molecule has 2 aromatic carbocycles. The van der Waals surface area contributed by atoms with Gasteiger partial charge >= 0.3 is 5.97 Å². The lowest BCUT2D eigenvalue weighted by Gasteiger charge is -2.25. The van der Waals surface area contributed by atoms with Crippen molar-refractivity contribution in [2.24, 2.45) is 4.99 Å². The maximum absolute atomic E-state index is 13.8. The average molecular weight is 535 g/mol. The van der Waals surface area contributed by atoms with Gasteiger partial charge in [-0.3, -0.25) is 9.36 Å². The molecule has 0 fully saturated rings. The standard InChI is InChI=1S/C28H23ClN2O5S/c1-4-35-27(33)24-16(2)30-28-31(25(24)20-7-5-6-8-22(20)34-3)26(32)23(37-28)15-19-13-14-21(36-19)17-9-11-18(29)12-10-17/h5-15,25H,4H2,1-3H3/b23-15+/t25-/m0/s1. The van der Waals surface area contributed by atoms with Crippen LogP contribution in [-0.4, -0.2) is 24.3 Å². The lowest BCUT2D eigenvalue weighted by molar-refractivity contribution is -0.139. The summed E-state index contributed by atoms with van der Waals surface area (Å²) in [7, 11) is 1.55. The predicted molar refractivity (Wildman–Crippen MR) is 143 cm³/mol. The van der Waals surface area contributed by atoms with Crippen molar-refractivity contribution >= 4 is 35.0 Å². The molecule has 5 rings (SSSR count). The third-order valence-corrected chi connectivity index (χ3v) is 7.21. The van der Waals surface area contributed by atoms with Crippen molar-refractivity contribution < 1.29 is 18.7 Å². The Morgan fingerprint density at radius 2 is 1.92 bits per heavy atom. The zero-order chi connectivity index (χ0) is 26.1. The SMILES string of the molecule is CCOC(=O)C1=C(C)N=c2s/c(=C/c3ccc(-c4ccc(Cl)cc4)o3)c(=O)n2[C@H]1c1ccccc1OC. The molecule has 0 amide bonds. The molecular weight excluding hydrogens is 512 g/mol. The number of ether oxygens (including phenoxy) is 2. The number of carbonyl (C=O) groups excluding carboxylic acids is 1. The Kier molecular flexibility index (Phi) is 6.86. The number of halogens is 1. The molecule has 188 valence electrons. The number of hydrogen-bond donors (Lipinski definition) is 0. The van der Waals surface area contributed by atoms with E-state index in [-0.39, 0.29) is 12.2 Å². The largest absolute Gasteiger partial charge is 0.496 e. The lowest BCUT2D eigenvalue weighted by atomic mass is 9.95. The van der Waals surface area contributed by atoms with E-state index in [1.165, 1.54) is 15.9 Å². The van der Waals surface area contributed by atoms with Crippen LogP contribution < -0.4 is 19.6 Å². The van der Waals surface area contributed by atoms with E-state index in [2.05, 4.69) is 4.99 Å². The van der Waals surface area contributed by atoms with Crippen LogP contribution >= 0.6 is 22.9 Å². The number of thiazole rings is 1. The third-order valence-electron chi connectivity index (χ3n) is 5.98. The molecule has 0 spiro atoms. The number of furan rings is 1. The number of methoxy groups -OCH3 is 1. The van der Waals surface area contributed by atoms with Crippen LogP contribution in [0.4, 0.5) is 0 Å². The maximum atomic E-state index is 13.8. The number of para-hydroxylation sites is 1. The number of fused-ring (bicyclic) bond motifs is 1. The Balaban J connectivity index is 1.66. The Bertz CT molecular complexity index is 1700. The van der Waals surface area contributed by atoms with Gasteiger partial charge in [-0.1, -0.05) is 41.1 Å². The van der Waals surface area contributed by atoms with Crippen LogP contribution in [0.25, 0.3) is 17.4 Å². The molecule has 0 bridgehead atoms. The van der Waals surface area contributed by atoms with Gasteiger partial charge < -0.3 is 13.9 Å². The van der Waals surface area contributed by atoms with E-state index in [1.807, 2.05) is 36.4 Å². The highest BCUT2D eigenvalue weighted by molar-refractivity contribution is 7.07. The Labute approximate surface area is 221 Å². The van der Waals surface area contributed by atoms with Crippen LogP contribution in [0.5, 0.6) is 5.75 Å². The van der Waals surface area contributed by atoms with Crippen LogP contribution in [-0.2, 0) is 9.53 Å². The molecular formula is C28H23ClN2O5S. The van der Waals surface area contributed by atoms with E-state index in [9.17, 15) is 9.59 Å². The summed E-state index contributed by atoms with van der Waals surface area (Å²) in [5.74, 6) is 1.21. The first-order valence-corrected chi connectivity index (χ1v) is 12.8. The van der Waals surface area contributed by atoms with Crippen molar-refractivity contribution in [3.63, 3.8) is 0 Å². The third kappa shape index (κ3) is 4.65. The Hall–Kier alpha value is -3.88. The molecule has 1 atom stereocenters. The number of hydrogen-bond acceptors (Lipinski definition) is 7. The minimum Gasteiger partial charge on any atom is -0.496 e. The molecule has 3 heterocycles. The lowest BCUT2D eigenvalue weighted by Crippen LogP contribution is -2.40. The number of carbonyl (C=O) groups is 1. The maximum Gasteiger partial charge on any atom is 0.338 e. The molecule has 1 aliphatic rings. The van der Waals surface area contributed by atoms with E-state index < -0.39 is 12.0 Å². The van der Waals surface area contributed by atoms with E-state index in [4.69, 9.17) is 25.5 Å². The number of esters is 1. The van der Waals surface area contributed by atoms with Gasteiger partial charge in [0.05, 0.1) is 29.5 Å². The van der Waals surface area contributed by atoms with Crippen molar-refractivity contribution in [2.75, 3.05) is 13.7 Å². The molecule has 0 N–H and O–H groups in total. The van der Waals surface area contributed by atoms with E-state index in [1.54, 1.807) is 51.3 Å². The van der Waals surface area contributed by atoms with Gasteiger partial charge in [0.1, 0.15) is 23.3 Å². The van der Waals surface area contributed by atoms with E-state index >= 15 is 0 Å². The summed E-state index contributed by atoms with van der Waals surface area (Å²) in [5.41, 5.74) is 2.03. The van der Waals surface area contributed by atoms with E-state index in [0.29, 0.717) is 48.5 Å². The van der Waals surface area contributed by atoms with Gasteiger partial charge in [-0.05, 0) is 56.3 Å². The molecule has 0 saturated carbocycles. The molecule has 0 aliphatic carbocycles. The highest BCUT2D eigenvalue weighted by Crippen LogP contribution is 2.35. The van der Waals surface area contributed by atoms with Crippen LogP contribution in [0.2, 0.25) is 5.02 Å². The second-order valence-electron chi connectivity index (χ2n) is 8.25. The number of rotatable bonds is 6. The zero-order valence-corrected chi connectivity index (χ0v) is 21.9. The van der Waals surface area contributed by atoms with Crippen molar-refractivity contribution in [1.29, 1.82) is 0 Å². The molecule has 1 aliphatic heterocycles. The normalized spacial score (nSPS) is 15.4. The van der Waals surface area contributed by atoms with Crippen molar-refractivity contribution in [2.45, 2.75) is 19.9 Å². The first-order valence-electron chi connectivity index (χ1n) is 11.6. The fraction of sp³-hybridized carbons (Fsp3) is 0.179. The first kappa shape index (κ1) is 24.8. The fourth-order valence-corrected chi connectivity index (χ4v) is 5.46. The predicted octanol–water partition coefficient (Wildman–Crippen LogP) is 4.72. The Morgan fingerprint density at radius 1 is 1.16 bits per heavy atom. The minimum atomic E-state index is -0.755. The number of benzene rings is 2. The van der Waals surface area contributed by atoms with Crippen molar-refractivity contribution in [1.82, 2.24) is 4.57 Å². The van der Waals surface area contributed by atoms with E-state index in [0.717, 1.165) is 5.56 Å². The second-order valence-corrected chi connectivity index (χ2v) is 9.70. The minimum absolute atomic E-state index is 0.202. The van der Waals surface area contributed by atoms with Crippen molar-refractivity contribution in [3.05, 3.63) is 108 Å². The van der Waals surface area contributed by atoms with Gasteiger partial charge in [0.25, 0.3) is 5.56 Å². The highest BCUT2D eigenvalue weighted by atomic mass is 35.5. The number of aromatic nitrogens is 1. The quantitative estimate of drug-likeness (QED) is 0.334. The molecule has 0 radical (unpaired) electrons. The highest BCUT2D eigenvalue weighted by Gasteiger charge is 2.34. The molecule has 9 heteroatoms. The van der Waals surface area contributed by atoms with Crippen LogP contribution in [0.3, 0.4) is 0 Å². The Morgan fingerprint density at radius 3 is 2.65 bits per heavy atom. The van der Waals surface area contributed by atoms with Gasteiger partial charge in [0, 0.05) is 22.2 Å². The smallest absolute Gasteiger partial charge is 0.338 e. The molecule has 0 unspecified atom stereocenters. The molecule has 37 heavy (non-hydrogen) atoms. The summed E-state index contributed by atoms with van der Waals surface area (Å²) in [4.78, 5) is 31.9. The monoisotopic (exact) mass is 534 g/mol. The van der Waals surface area contributed by atoms with Gasteiger partial charge in [-0.15, -0.1) is 0 Å². The zero-order valence-electron chi connectivity index (χ0n) is 20.4. The molecule has 2 aromatic heterocycles. The van der Waals surface area contributed by atoms with Crippen LogP contribution in [0.1, 0.15) is 31.2 Å². The van der Waals surface area contributed by atoms with Crippen molar-refractivity contribution in [3.8, 4) is 17.1 Å². The molecule has 7 nitrogen and oxygen atoms in total. The topological polar surface area (TPSA) is 83.0 Å². The van der Waals surface area contributed by atoms with Gasteiger partial charge in [0.15, 0.2) is 4.80 Å². The number of allylic oxidation sites excluding steroid dienone is 1. The van der Waals surface area contributed by atoms with Gasteiger partial charge in [-0.25, -0.2) is 9.79 Å². The first-order chi connectivity index (χ1) is 17.9. The summed E-state index contributed by atoms with van der Waals surface area (Å²) >= 11 is 7.22. The molecule has 0 saturated heterocycles. The summed E-state index contributed by atoms with van der Waals surface area (Å²) in [6, 6.07) is 17.5. The van der Waals surface area contributed by atoms with Crippen LogP contribution in [0.15, 0.2) is 86.1 Å². The summed E-state index contributed by atoms with van der Waals surface area (Å²) in [6.07, 6.45) is 1.69. The summed E-state index contributed by atoms with van der Waals surface area (Å²) < 4.78 is 18.9. The van der Waals surface area contributed by atoms with Gasteiger partial charge in [0.2, 0.25) is 0 Å². The van der Waals surface area contributed by atoms with Gasteiger partial charge in [-0.2, -0.15) is 0 Å². The van der Waals surface area contributed by atoms with Crippen LogP contribution in [0, 0.1) is 0 Å². The number of nitrogens with zero attached hydrogens (tertiary/aromatic N) is 2. The summed E-state index contributed by atoms with van der Waals surface area (Å²) in [5, 5.41) is 0.638. The molecule has 4 aromatic rings. The second kappa shape index (κ2) is 10.2.